The minimum absolute atomic E-state index is 0.00471. The van der Waals surface area contributed by atoms with Gasteiger partial charge in [0, 0.05) is 18.8 Å². The lowest BCUT2D eigenvalue weighted by Crippen LogP contribution is -2.53. The summed E-state index contributed by atoms with van der Waals surface area (Å²) >= 11 is 1.71. The number of thioether (sulfide) groups is 1. The maximum absolute atomic E-state index is 12.6. The Morgan fingerprint density at radius 1 is 1.07 bits per heavy atom. The molecule has 2 saturated heterocycles. The highest BCUT2D eigenvalue weighted by molar-refractivity contribution is 8.02. The fourth-order valence-electron chi connectivity index (χ4n) is 3.85. The number of piperidine rings is 1. The third kappa shape index (κ3) is 3.74. The Morgan fingerprint density at radius 2 is 1.75 bits per heavy atom. The average Bonchev–Trinajstić information content (AvgIpc) is 3.04. The first-order valence-electron chi connectivity index (χ1n) is 9.57. The standard InChI is InChI=1S/C22H24N2O3S/c1-17-7-9-18(10-8-17)24-21(26)16-28-22(24)11-13-23(14-12-22)20(25)15-27-19-5-3-2-4-6-19/h2-10H,11-16H2,1H3. The van der Waals surface area contributed by atoms with Gasteiger partial charge in [-0.25, -0.2) is 0 Å². The van der Waals surface area contributed by atoms with Crippen molar-refractivity contribution in [3.05, 3.63) is 60.2 Å². The van der Waals surface area contributed by atoms with Crippen LogP contribution in [-0.2, 0) is 9.59 Å². The van der Waals surface area contributed by atoms with Gasteiger partial charge in [0.05, 0.1) is 10.6 Å². The lowest BCUT2D eigenvalue weighted by atomic mass is 10.0. The van der Waals surface area contributed by atoms with E-state index in [4.69, 9.17) is 4.74 Å². The predicted octanol–water partition coefficient (Wildman–Crippen LogP) is 3.47. The molecule has 2 heterocycles. The second kappa shape index (κ2) is 7.87. The van der Waals surface area contributed by atoms with Gasteiger partial charge in [0.25, 0.3) is 5.91 Å². The maximum atomic E-state index is 12.6. The minimum atomic E-state index is -0.247. The molecule has 0 bridgehead atoms. The van der Waals surface area contributed by atoms with Crippen LogP contribution in [0.4, 0.5) is 5.69 Å². The van der Waals surface area contributed by atoms with Crippen LogP contribution in [0, 0.1) is 6.92 Å². The van der Waals surface area contributed by atoms with Gasteiger partial charge in [0.15, 0.2) is 6.61 Å². The normalized spacial score (nSPS) is 18.5. The molecule has 0 N–H and O–H groups in total. The van der Waals surface area contributed by atoms with Crippen molar-refractivity contribution in [2.45, 2.75) is 24.6 Å². The number of carbonyl (C=O) groups is 2. The summed E-state index contributed by atoms with van der Waals surface area (Å²) in [7, 11) is 0. The third-order valence-electron chi connectivity index (χ3n) is 5.42. The highest BCUT2D eigenvalue weighted by Crippen LogP contribution is 2.46. The Balaban J connectivity index is 1.40. The van der Waals surface area contributed by atoms with Gasteiger partial charge >= 0.3 is 0 Å². The number of hydrogen-bond acceptors (Lipinski definition) is 4. The van der Waals surface area contributed by atoms with Crippen molar-refractivity contribution in [1.29, 1.82) is 0 Å². The molecule has 2 fully saturated rings. The van der Waals surface area contributed by atoms with E-state index in [9.17, 15) is 9.59 Å². The van der Waals surface area contributed by atoms with Crippen LogP contribution >= 0.6 is 11.8 Å². The fraction of sp³-hybridized carbons (Fsp3) is 0.364. The van der Waals surface area contributed by atoms with E-state index >= 15 is 0 Å². The molecule has 6 heteroatoms. The second-order valence-corrected chi connectivity index (χ2v) is 8.62. The zero-order valence-electron chi connectivity index (χ0n) is 16.0. The first-order valence-corrected chi connectivity index (χ1v) is 10.6. The van der Waals surface area contributed by atoms with E-state index in [1.54, 1.807) is 11.8 Å². The van der Waals surface area contributed by atoms with Gasteiger partial charge in [-0.1, -0.05) is 35.9 Å². The Morgan fingerprint density at radius 3 is 2.43 bits per heavy atom. The number of benzene rings is 2. The molecule has 146 valence electrons. The molecule has 0 radical (unpaired) electrons. The summed E-state index contributed by atoms with van der Waals surface area (Å²) in [4.78, 5) is 28.7. The molecule has 2 amide bonds. The fourth-order valence-corrected chi connectivity index (χ4v) is 5.18. The number of hydrogen-bond donors (Lipinski definition) is 0. The van der Waals surface area contributed by atoms with E-state index in [2.05, 4.69) is 0 Å². The lowest BCUT2D eigenvalue weighted by molar-refractivity contribution is -0.134. The van der Waals surface area contributed by atoms with Crippen LogP contribution in [0.5, 0.6) is 5.75 Å². The van der Waals surface area contributed by atoms with Gasteiger partial charge in [-0.2, -0.15) is 0 Å². The van der Waals surface area contributed by atoms with Crippen LogP contribution in [0.2, 0.25) is 0 Å². The topological polar surface area (TPSA) is 49.9 Å². The first-order chi connectivity index (χ1) is 13.6. The summed E-state index contributed by atoms with van der Waals surface area (Å²) < 4.78 is 5.60. The van der Waals surface area contributed by atoms with Crippen LogP contribution < -0.4 is 9.64 Å². The highest BCUT2D eigenvalue weighted by Gasteiger charge is 2.49. The Hall–Kier alpha value is -2.47. The molecule has 2 aromatic carbocycles. The summed E-state index contributed by atoms with van der Waals surface area (Å²) in [6.45, 7) is 3.37. The van der Waals surface area contributed by atoms with Gasteiger partial charge in [0.1, 0.15) is 5.75 Å². The first kappa shape index (κ1) is 18.9. The third-order valence-corrected chi connectivity index (χ3v) is 6.94. The van der Waals surface area contributed by atoms with Crippen LogP contribution in [-0.4, -0.2) is 47.0 Å². The summed E-state index contributed by atoms with van der Waals surface area (Å²) in [5, 5.41) is 0. The van der Waals surface area contributed by atoms with E-state index in [0.717, 1.165) is 18.5 Å². The van der Waals surface area contributed by atoms with Crippen LogP contribution in [0.3, 0.4) is 0 Å². The lowest BCUT2D eigenvalue weighted by Gasteiger charge is -2.44. The number of likely N-dealkylation sites (tertiary alicyclic amines) is 1. The van der Waals surface area contributed by atoms with Crippen molar-refractivity contribution in [3.8, 4) is 5.75 Å². The van der Waals surface area contributed by atoms with Crippen molar-refractivity contribution in [2.75, 3.05) is 30.3 Å². The molecule has 2 aliphatic heterocycles. The van der Waals surface area contributed by atoms with Gasteiger partial charge in [-0.3, -0.25) is 14.5 Å². The van der Waals surface area contributed by atoms with Crippen LogP contribution in [0.25, 0.3) is 0 Å². The number of para-hydroxylation sites is 1. The molecule has 2 aliphatic rings. The predicted molar refractivity (Wildman–Crippen MR) is 112 cm³/mol. The van der Waals surface area contributed by atoms with Crippen molar-refractivity contribution >= 4 is 29.3 Å². The van der Waals surface area contributed by atoms with Crippen molar-refractivity contribution in [1.82, 2.24) is 4.90 Å². The van der Waals surface area contributed by atoms with Crippen molar-refractivity contribution in [2.24, 2.45) is 0 Å². The molecule has 0 unspecified atom stereocenters. The van der Waals surface area contributed by atoms with Crippen molar-refractivity contribution < 1.29 is 14.3 Å². The van der Waals surface area contributed by atoms with Gasteiger partial charge in [-0.05, 0) is 44.0 Å². The van der Waals surface area contributed by atoms with Gasteiger partial charge in [0.2, 0.25) is 5.91 Å². The smallest absolute Gasteiger partial charge is 0.260 e. The van der Waals surface area contributed by atoms with Gasteiger partial charge < -0.3 is 9.64 Å². The minimum Gasteiger partial charge on any atom is -0.484 e. The molecule has 0 atom stereocenters. The molecule has 2 aromatic rings. The number of nitrogens with zero attached hydrogens (tertiary/aromatic N) is 2. The SMILES string of the molecule is Cc1ccc(N2C(=O)CSC23CCN(C(=O)COc2ccccc2)CC3)cc1. The molecule has 0 saturated carbocycles. The number of carbonyl (C=O) groups excluding carboxylic acids is 2. The Labute approximate surface area is 169 Å². The molecule has 28 heavy (non-hydrogen) atoms. The monoisotopic (exact) mass is 396 g/mol. The van der Waals surface area contributed by atoms with E-state index < -0.39 is 0 Å². The zero-order valence-corrected chi connectivity index (χ0v) is 16.8. The summed E-state index contributed by atoms with van der Waals surface area (Å²) in [6, 6.07) is 17.5. The van der Waals surface area contributed by atoms with E-state index in [-0.39, 0.29) is 23.3 Å². The molecule has 0 aromatic heterocycles. The molecule has 0 aliphatic carbocycles. The second-order valence-electron chi connectivity index (χ2n) is 7.28. The molecule has 5 nitrogen and oxygen atoms in total. The zero-order chi connectivity index (χ0) is 19.6. The van der Waals surface area contributed by atoms with Crippen LogP contribution in [0.15, 0.2) is 54.6 Å². The number of ether oxygens (including phenoxy) is 1. The number of rotatable bonds is 4. The molecular weight excluding hydrogens is 372 g/mol. The number of amides is 2. The Bertz CT molecular complexity index is 846. The van der Waals surface area contributed by atoms with E-state index in [1.165, 1.54) is 5.56 Å². The molecule has 4 rings (SSSR count). The average molecular weight is 397 g/mol. The summed E-state index contributed by atoms with van der Waals surface area (Å²) in [5.74, 6) is 1.35. The molecular formula is C22H24N2O3S. The summed E-state index contributed by atoms with van der Waals surface area (Å²) in [6.07, 6.45) is 1.54. The number of aryl methyl sites for hydroxylation is 1. The summed E-state index contributed by atoms with van der Waals surface area (Å²) in [5.41, 5.74) is 2.13. The van der Waals surface area contributed by atoms with E-state index in [1.807, 2.05) is 71.3 Å². The van der Waals surface area contributed by atoms with Gasteiger partial charge in [-0.15, -0.1) is 11.8 Å². The highest BCUT2D eigenvalue weighted by atomic mass is 32.2. The van der Waals surface area contributed by atoms with Crippen LogP contribution in [0.1, 0.15) is 18.4 Å². The Kier molecular flexibility index (Phi) is 5.31. The maximum Gasteiger partial charge on any atom is 0.260 e. The quantitative estimate of drug-likeness (QED) is 0.794. The number of anilines is 1. The molecule has 1 spiro atoms. The van der Waals surface area contributed by atoms with E-state index in [0.29, 0.717) is 24.6 Å². The largest absolute Gasteiger partial charge is 0.484 e. The van der Waals surface area contributed by atoms with Crippen molar-refractivity contribution in [3.63, 3.8) is 0 Å².